The van der Waals surface area contributed by atoms with Gasteiger partial charge in [0.15, 0.2) is 11.5 Å². The van der Waals surface area contributed by atoms with E-state index in [0.29, 0.717) is 28.4 Å². The number of fused-ring (bicyclic) bond motifs is 5. The summed E-state index contributed by atoms with van der Waals surface area (Å²) in [6.07, 6.45) is -0.958. The minimum Gasteiger partial charge on any atom is -0.454 e. The van der Waals surface area contributed by atoms with E-state index in [-0.39, 0.29) is 6.79 Å². The van der Waals surface area contributed by atoms with Crippen LogP contribution in [0.15, 0.2) is 42.5 Å². The van der Waals surface area contributed by atoms with Crippen molar-refractivity contribution in [2.75, 3.05) is 17.0 Å². The quantitative estimate of drug-likeness (QED) is 0.612. The summed E-state index contributed by atoms with van der Waals surface area (Å²) in [5, 5.41) is 16.4. The zero-order valence-corrected chi connectivity index (χ0v) is 16.5. The fourth-order valence-electron chi connectivity index (χ4n) is 5.38. The summed E-state index contributed by atoms with van der Waals surface area (Å²) in [6.45, 7) is 1.62. The first-order valence-electron chi connectivity index (χ1n) is 10.1. The fourth-order valence-corrected chi connectivity index (χ4v) is 5.38. The van der Waals surface area contributed by atoms with Crippen LogP contribution in [-0.4, -0.2) is 41.8 Å². The van der Waals surface area contributed by atoms with Gasteiger partial charge in [-0.2, -0.15) is 0 Å². The van der Waals surface area contributed by atoms with Gasteiger partial charge in [0.1, 0.15) is 5.54 Å². The summed E-state index contributed by atoms with van der Waals surface area (Å²) >= 11 is 0. The average Bonchev–Trinajstić information content (AvgIpc) is 3.47. The molecule has 2 aromatic rings. The van der Waals surface area contributed by atoms with Crippen LogP contribution in [0.2, 0.25) is 0 Å². The van der Waals surface area contributed by atoms with Gasteiger partial charge >= 0.3 is 0 Å². The standard InChI is InChI=1S/C22H19N3O6/c1-10(26)18-16-17(22(24-18)12-4-2-3-5-13(12)23-21(22)29)20(28)25(19(16)27)11-6-7-14-15(8-11)31-9-30-14/h2-8,10,16-18,24,26H,9H2,1H3,(H,23,29)/t10-,16+,17-,18+,22-/m0/s1. The molecule has 9 nitrogen and oxygen atoms in total. The second kappa shape index (κ2) is 6.05. The Morgan fingerprint density at radius 2 is 1.87 bits per heavy atom. The zero-order valence-electron chi connectivity index (χ0n) is 16.5. The maximum absolute atomic E-state index is 13.7. The Hall–Kier alpha value is -3.43. The molecule has 2 aromatic carbocycles. The normalized spacial score (nSPS) is 31.2. The van der Waals surface area contributed by atoms with Crippen LogP contribution in [0.25, 0.3) is 0 Å². The second-order valence-corrected chi connectivity index (χ2v) is 8.27. The largest absolute Gasteiger partial charge is 0.454 e. The minimum absolute atomic E-state index is 0.0695. The van der Waals surface area contributed by atoms with Gasteiger partial charge in [-0.3, -0.25) is 19.7 Å². The first-order chi connectivity index (χ1) is 14.9. The molecular weight excluding hydrogens is 402 g/mol. The average molecular weight is 421 g/mol. The predicted octanol–water partition coefficient (Wildman–Crippen LogP) is 0.721. The van der Waals surface area contributed by atoms with Gasteiger partial charge < -0.3 is 19.9 Å². The summed E-state index contributed by atoms with van der Waals surface area (Å²) in [5.41, 5.74) is 0.110. The molecule has 0 saturated carbocycles. The van der Waals surface area contributed by atoms with Crippen molar-refractivity contribution in [1.82, 2.24) is 5.32 Å². The van der Waals surface area contributed by atoms with Gasteiger partial charge in [-0.15, -0.1) is 0 Å². The number of benzene rings is 2. The minimum atomic E-state index is -1.43. The third kappa shape index (κ3) is 2.19. The number of rotatable bonds is 2. The van der Waals surface area contributed by atoms with Gasteiger partial charge in [0, 0.05) is 23.4 Å². The lowest BCUT2D eigenvalue weighted by atomic mass is 9.76. The molecule has 6 rings (SSSR count). The van der Waals surface area contributed by atoms with Crippen LogP contribution in [0.5, 0.6) is 11.5 Å². The Labute approximate surface area is 176 Å². The van der Waals surface area contributed by atoms with E-state index in [4.69, 9.17) is 9.47 Å². The zero-order chi connectivity index (χ0) is 21.5. The molecule has 9 heteroatoms. The van der Waals surface area contributed by atoms with E-state index in [0.717, 1.165) is 4.90 Å². The number of imide groups is 1. The molecule has 2 saturated heterocycles. The highest BCUT2D eigenvalue weighted by Crippen LogP contribution is 2.54. The van der Waals surface area contributed by atoms with Gasteiger partial charge in [-0.05, 0) is 25.1 Å². The number of nitrogens with zero attached hydrogens (tertiary/aromatic N) is 1. The molecule has 0 radical (unpaired) electrons. The van der Waals surface area contributed by atoms with E-state index in [1.54, 1.807) is 49.4 Å². The van der Waals surface area contributed by atoms with E-state index in [9.17, 15) is 19.5 Å². The van der Waals surface area contributed by atoms with Crippen LogP contribution in [0, 0.1) is 11.8 Å². The molecular formula is C22H19N3O6. The highest BCUT2D eigenvalue weighted by Gasteiger charge is 2.71. The van der Waals surface area contributed by atoms with Crippen molar-refractivity contribution >= 4 is 29.1 Å². The number of ether oxygens (including phenoxy) is 2. The van der Waals surface area contributed by atoms with Crippen molar-refractivity contribution in [2.45, 2.75) is 24.6 Å². The lowest BCUT2D eigenvalue weighted by Crippen LogP contribution is -2.54. The Morgan fingerprint density at radius 3 is 2.68 bits per heavy atom. The maximum Gasteiger partial charge on any atom is 0.250 e. The van der Waals surface area contributed by atoms with E-state index >= 15 is 0 Å². The summed E-state index contributed by atoms with van der Waals surface area (Å²) in [6, 6.07) is 11.2. The monoisotopic (exact) mass is 421 g/mol. The van der Waals surface area contributed by atoms with Gasteiger partial charge in [0.2, 0.25) is 24.5 Å². The number of hydrogen-bond donors (Lipinski definition) is 3. The summed E-state index contributed by atoms with van der Waals surface area (Å²) < 4.78 is 10.7. The van der Waals surface area contributed by atoms with Crippen LogP contribution in [-0.2, 0) is 19.9 Å². The van der Waals surface area contributed by atoms with Gasteiger partial charge in [0.05, 0.1) is 23.6 Å². The third-order valence-electron chi connectivity index (χ3n) is 6.69. The van der Waals surface area contributed by atoms with E-state index in [2.05, 4.69) is 10.6 Å². The highest BCUT2D eigenvalue weighted by molar-refractivity contribution is 6.26. The number of aliphatic hydroxyl groups excluding tert-OH is 1. The van der Waals surface area contributed by atoms with Crippen molar-refractivity contribution in [3.05, 3.63) is 48.0 Å². The van der Waals surface area contributed by atoms with Crippen LogP contribution < -0.4 is 25.0 Å². The Morgan fingerprint density at radius 1 is 1.10 bits per heavy atom. The molecule has 158 valence electrons. The number of carbonyl (C=O) groups is 3. The van der Waals surface area contributed by atoms with Gasteiger partial charge in [-0.25, -0.2) is 4.90 Å². The molecule has 0 aromatic heterocycles. The van der Waals surface area contributed by atoms with E-state index in [1.807, 2.05) is 0 Å². The van der Waals surface area contributed by atoms with E-state index in [1.165, 1.54) is 0 Å². The number of para-hydroxylation sites is 1. The Bertz CT molecular complexity index is 1160. The molecule has 1 spiro atoms. The maximum atomic E-state index is 13.7. The SMILES string of the molecule is C[C@H](O)[C@H]1N[C@]2(C(=O)Nc3ccccc32)[C@@H]2C(=O)N(c3ccc4c(c3)OCO4)C(=O)[C@@H]12. The van der Waals surface area contributed by atoms with Crippen molar-refractivity contribution in [3.8, 4) is 11.5 Å². The summed E-state index contributed by atoms with van der Waals surface area (Å²) in [5.74, 6) is -2.26. The number of hydrogen-bond acceptors (Lipinski definition) is 7. The topological polar surface area (TPSA) is 117 Å². The molecule has 5 atom stereocenters. The van der Waals surface area contributed by atoms with Crippen molar-refractivity contribution in [1.29, 1.82) is 0 Å². The highest BCUT2D eigenvalue weighted by atomic mass is 16.7. The molecule has 4 aliphatic rings. The van der Waals surface area contributed by atoms with Crippen molar-refractivity contribution in [2.24, 2.45) is 11.8 Å². The predicted molar refractivity (Wildman–Crippen MR) is 107 cm³/mol. The number of carbonyl (C=O) groups excluding carboxylic acids is 3. The molecule has 0 aliphatic carbocycles. The van der Waals surface area contributed by atoms with Crippen molar-refractivity contribution < 1.29 is 29.0 Å². The third-order valence-corrected chi connectivity index (χ3v) is 6.69. The first-order valence-corrected chi connectivity index (χ1v) is 10.1. The van der Waals surface area contributed by atoms with Crippen molar-refractivity contribution in [3.63, 3.8) is 0 Å². The van der Waals surface area contributed by atoms with Crippen LogP contribution in [0.1, 0.15) is 12.5 Å². The van der Waals surface area contributed by atoms with Crippen LogP contribution in [0.4, 0.5) is 11.4 Å². The lowest BCUT2D eigenvalue weighted by molar-refractivity contribution is -0.130. The molecule has 4 heterocycles. The number of aliphatic hydroxyl groups is 1. The lowest BCUT2D eigenvalue weighted by Gasteiger charge is -2.30. The van der Waals surface area contributed by atoms with Crippen LogP contribution >= 0.6 is 0 Å². The molecule has 2 fully saturated rings. The Kier molecular flexibility index (Phi) is 3.58. The van der Waals surface area contributed by atoms with Gasteiger partial charge in [0.25, 0.3) is 0 Å². The molecule has 3 amide bonds. The summed E-state index contributed by atoms with van der Waals surface area (Å²) in [4.78, 5) is 41.6. The number of amides is 3. The fraction of sp³-hybridized carbons (Fsp3) is 0.318. The first kappa shape index (κ1) is 18.3. The second-order valence-electron chi connectivity index (χ2n) is 8.27. The van der Waals surface area contributed by atoms with E-state index < -0.39 is 47.2 Å². The number of nitrogens with one attached hydrogen (secondary N) is 2. The molecule has 0 bridgehead atoms. The molecule has 4 aliphatic heterocycles. The molecule has 31 heavy (non-hydrogen) atoms. The number of anilines is 2. The molecule has 3 N–H and O–H groups in total. The summed E-state index contributed by atoms with van der Waals surface area (Å²) in [7, 11) is 0. The smallest absolute Gasteiger partial charge is 0.250 e. The van der Waals surface area contributed by atoms with Gasteiger partial charge in [-0.1, -0.05) is 18.2 Å². The van der Waals surface area contributed by atoms with Crippen LogP contribution in [0.3, 0.4) is 0 Å². The molecule has 0 unspecified atom stereocenters. The Balaban J connectivity index is 1.50.